The van der Waals surface area contributed by atoms with E-state index in [1.54, 1.807) is 24.3 Å². The Morgan fingerprint density at radius 1 is 0.692 bits per heavy atom. The van der Waals surface area contributed by atoms with Crippen LogP contribution in [-0.4, -0.2) is 22.2 Å². The van der Waals surface area contributed by atoms with Crippen LogP contribution in [0.4, 0.5) is 0 Å². The van der Waals surface area contributed by atoms with Crippen molar-refractivity contribution in [1.29, 1.82) is 0 Å². The van der Waals surface area contributed by atoms with Gasteiger partial charge in [0.25, 0.3) is 0 Å². The largest absolute Gasteiger partial charge is 0.489 e. The summed E-state index contributed by atoms with van der Waals surface area (Å²) in [7, 11) is 0. The zero-order valence-electron chi connectivity index (χ0n) is 22.3. The molecule has 204 valence electrons. The highest BCUT2D eigenvalue weighted by atomic mass is 16.5. The van der Waals surface area contributed by atoms with Crippen LogP contribution in [0.25, 0.3) is 6.08 Å². The first-order valence-electron chi connectivity index (χ1n) is 13.3. The summed E-state index contributed by atoms with van der Waals surface area (Å²) in [6.45, 7) is 3.00. The van der Waals surface area contributed by atoms with Crippen molar-refractivity contribution in [3.05, 3.63) is 113 Å². The van der Waals surface area contributed by atoms with E-state index in [0.717, 1.165) is 49.0 Å². The molecule has 6 nitrogen and oxygen atoms in total. The lowest BCUT2D eigenvalue weighted by molar-refractivity contribution is -0.133. The number of unbranched alkanes of at least 4 members (excludes halogenated alkanes) is 4. The number of carboxylic acids is 2. The van der Waals surface area contributed by atoms with E-state index in [1.807, 2.05) is 54.6 Å². The Morgan fingerprint density at radius 2 is 1.26 bits per heavy atom. The van der Waals surface area contributed by atoms with Crippen molar-refractivity contribution in [2.24, 2.45) is 0 Å². The maximum atomic E-state index is 11.8. The molecule has 0 atom stereocenters. The van der Waals surface area contributed by atoms with Gasteiger partial charge in [0.1, 0.15) is 24.7 Å². The molecule has 0 aliphatic carbocycles. The Labute approximate surface area is 230 Å². The predicted molar refractivity (Wildman–Crippen MR) is 153 cm³/mol. The molecule has 0 saturated carbocycles. The first-order chi connectivity index (χ1) is 18.9. The van der Waals surface area contributed by atoms with Crippen LogP contribution < -0.4 is 9.47 Å². The van der Waals surface area contributed by atoms with E-state index in [2.05, 4.69) is 6.92 Å². The summed E-state index contributed by atoms with van der Waals surface area (Å²) in [5, 5.41) is 19.2. The van der Waals surface area contributed by atoms with Crippen LogP contribution in [0, 0.1) is 0 Å². The van der Waals surface area contributed by atoms with Crippen molar-refractivity contribution >= 4 is 18.0 Å². The van der Waals surface area contributed by atoms with E-state index in [4.69, 9.17) is 9.47 Å². The predicted octanol–water partition coefficient (Wildman–Crippen LogP) is 7.68. The summed E-state index contributed by atoms with van der Waals surface area (Å²) in [5.74, 6) is -0.833. The van der Waals surface area contributed by atoms with Gasteiger partial charge in [-0.3, -0.25) is 0 Å². The molecule has 0 aliphatic rings. The molecule has 6 heteroatoms. The summed E-state index contributed by atoms with van der Waals surface area (Å²) in [4.78, 5) is 23.5. The minimum absolute atomic E-state index is 0.0656. The topological polar surface area (TPSA) is 93.1 Å². The lowest BCUT2D eigenvalue weighted by Crippen LogP contribution is -2.05. The molecule has 0 radical (unpaired) electrons. The van der Waals surface area contributed by atoms with Crippen molar-refractivity contribution in [3.63, 3.8) is 0 Å². The van der Waals surface area contributed by atoms with Gasteiger partial charge in [-0.2, -0.15) is 0 Å². The lowest BCUT2D eigenvalue weighted by atomic mass is 10.0. The van der Waals surface area contributed by atoms with E-state index >= 15 is 0 Å². The van der Waals surface area contributed by atoms with Gasteiger partial charge in [-0.1, -0.05) is 87.2 Å². The van der Waals surface area contributed by atoms with E-state index in [0.29, 0.717) is 30.9 Å². The van der Waals surface area contributed by atoms with E-state index in [1.165, 1.54) is 12.2 Å². The monoisotopic (exact) mass is 528 g/mol. The van der Waals surface area contributed by atoms with Crippen molar-refractivity contribution in [2.75, 3.05) is 0 Å². The SMILES string of the molecule is CCCCCCCC(=CC(=Cc1ccc(OCc2ccc(OCc3ccccc3)cc2)cc1)C(=O)O)C(=O)O. The van der Waals surface area contributed by atoms with E-state index in [9.17, 15) is 19.8 Å². The Hall–Kier alpha value is -4.32. The van der Waals surface area contributed by atoms with Crippen LogP contribution in [0.15, 0.2) is 96.1 Å². The lowest BCUT2D eigenvalue weighted by Gasteiger charge is -2.09. The standard InChI is InChI=1S/C33H36O6/c1-2-3-4-5-9-12-28(32(34)35)22-29(33(36)37)21-25-13-17-30(18-14-25)39-24-27-15-19-31(20-16-27)38-23-26-10-7-6-8-11-26/h6-8,10-11,13-22H,2-5,9,12,23-24H2,1H3,(H,34,35)(H,36,37). The molecule has 0 bridgehead atoms. The third kappa shape index (κ3) is 10.5. The third-order valence-corrected chi connectivity index (χ3v) is 6.18. The van der Waals surface area contributed by atoms with E-state index < -0.39 is 11.9 Å². The average Bonchev–Trinajstić information content (AvgIpc) is 2.95. The number of hydrogen-bond acceptors (Lipinski definition) is 4. The molecule has 0 spiro atoms. The fourth-order valence-corrected chi connectivity index (χ4v) is 3.94. The summed E-state index contributed by atoms with van der Waals surface area (Å²) >= 11 is 0. The highest BCUT2D eigenvalue weighted by Gasteiger charge is 2.12. The highest BCUT2D eigenvalue weighted by Crippen LogP contribution is 2.20. The Balaban J connectivity index is 1.55. The van der Waals surface area contributed by atoms with Gasteiger partial charge in [0.05, 0.1) is 5.57 Å². The fraction of sp³-hybridized carbons (Fsp3) is 0.273. The van der Waals surface area contributed by atoms with Gasteiger partial charge in [-0.15, -0.1) is 0 Å². The molecule has 0 aliphatic heterocycles. The van der Waals surface area contributed by atoms with Crippen molar-refractivity contribution in [2.45, 2.75) is 58.7 Å². The number of benzene rings is 3. The number of carboxylic acid groups (broad SMARTS) is 2. The van der Waals surface area contributed by atoms with Crippen LogP contribution in [0.2, 0.25) is 0 Å². The third-order valence-electron chi connectivity index (χ3n) is 6.18. The quantitative estimate of drug-likeness (QED) is 0.112. The minimum Gasteiger partial charge on any atom is -0.489 e. The zero-order valence-corrected chi connectivity index (χ0v) is 22.3. The first kappa shape index (κ1) is 29.2. The highest BCUT2D eigenvalue weighted by molar-refractivity contribution is 5.98. The second-order valence-electron chi connectivity index (χ2n) is 9.32. The number of carbonyl (C=O) groups is 2. The van der Waals surface area contributed by atoms with Crippen molar-refractivity contribution < 1.29 is 29.3 Å². The molecule has 0 aromatic heterocycles. The minimum atomic E-state index is -1.17. The molecular weight excluding hydrogens is 492 g/mol. The summed E-state index contributed by atoms with van der Waals surface area (Å²) in [6, 6.07) is 24.7. The molecule has 0 heterocycles. The first-order valence-corrected chi connectivity index (χ1v) is 13.3. The molecular formula is C33H36O6. The van der Waals surface area contributed by atoms with Gasteiger partial charge in [-0.25, -0.2) is 9.59 Å². The molecule has 3 rings (SSSR count). The van der Waals surface area contributed by atoms with Crippen LogP contribution >= 0.6 is 0 Å². The number of hydrogen-bond donors (Lipinski definition) is 2. The number of ether oxygens (including phenoxy) is 2. The second kappa shape index (κ2) is 15.8. The van der Waals surface area contributed by atoms with Gasteiger partial charge < -0.3 is 19.7 Å². The number of aliphatic carboxylic acids is 2. The average molecular weight is 529 g/mol. The maximum Gasteiger partial charge on any atom is 0.335 e. The van der Waals surface area contributed by atoms with Gasteiger partial charge in [0.15, 0.2) is 0 Å². The normalized spacial score (nSPS) is 11.7. The second-order valence-corrected chi connectivity index (χ2v) is 9.32. The van der Waals surface area contributed by atoms with Gasteiger partial charge in [0, 0.05) is 5.57 Å². The summed E-state index contributed by atoms with van der Waals surface area (Å²) in [6.07, 6.45) is 8.00. The molecule has 0 amide bonds. The number of rotatable bonds is 16. The van der Waals surface area contributed by atoms with Crippen molar-refractivity contribution in [1.82, 2.24) is 0 Å². The smallest absolute Gasteiger partial charge is 0.335 e. The maximum absolute atomic E-state index is 11.8. The fourth-order valence-electron chi connectivity index (χ4n) is 3.94. The Kier molecular flexibility index (Phi) is 11.9. The van der Waals surface area contributed by atoms with Crippen LogP contribution in [0.3, 0.4) is 0 Å². The molecule has 39 heavy (non-hydrogen) atoms. The van der Waals surface area contributed by atoms with Crippen LogP contribution in [0.1, 0.15) is 62.1 Å². The van der Waals surface area contributed by atoms with E-state index in [-0.39, 0.29) is 11.1 Å². The van der Waals surface area contributed by atoms with Crippen LogP contribution in [-0.2, 0) is 22.8 Å². The Morgan fingerprint density at radius 3 is 1.82 bits per heavy atom. The van der Waals surface area contributed by atoms with Gasteiger partial charge in [0.2, 0.25) is 0 Å². The molecule has 2 N–H and O–H groups in total. The summed E-state index contributed by atoms with van der Waals surface area (Å²) in [5.41, 5.74) is 2.78. The van der Waals surface area contributed by atoms with Gasteiger partial charge >= 0.3 is 11.9 Å². The molecule has 3 aromatic carbocycles. The van der Waals surface area contributed by atoms with Crippen LogP contribution in [0.5, 0.6) is 11.5 Å². The molecule has 0 saturated heterocycles. The van der Waals surface area contributed by atoms with Gasteiger partial charge in [-0.05, 0) is 65.9 Å². The zero-order chi connectivity index (χ0) is 27.9. The molecule has 0 unspecified atom stereocenters. The molecule has 3 aromatic rings. The summed E-state index contributed by atoms with van der Waals surface area (Å²) < 4.78 is 11.7. The Bertz CT molecular complexity index is 1240. The molecule has 0 fully saturated rings. The van der Waals surface area contributed by atoms with Crippen molar-refractivity contribution in [3.8, 4) is 11.5 Å².